The number of aromatic nitrogens is 3. The number of nitrogen functional groups attached to an aromatic ring is 2. The van der Waals surface area contributed by atoms with Gasteiger partial charge in [0, 0.05) is 18.3 Å². The van der Waals surface area contributed by atoms with Crippen LogP contribution in [0.5, 0.6) is 0 Å². The number of hydrogen-bond donors (Lipinski definition) is 2. The van der Waals surface area contributed by atoms with Gasteiger partial charge in [-0.25, -0.2) is 9.97 Å². The minimum atomic E-state index is -4.89. The molecule has 4 N–H and O–H groups in total. The second-order valence-electron chi connectivity index (χ2n) is 5.54. The van der Waals surface area contributed by atoms with Gasteiger partial charge in [-0.05, 0) is 18.2 Å². The summed E-state index contributed by atoms with van der Waals surface area (Å²) in [5, 5.41) is 17.9. The summed E-state index contributed by atoms with van der Waals surface area (Å²) < 4.78 is 39.6. The number of benzene rings is 1. The van der Waals surface area contributed by atoms with Crippen LogP contribution >= 0.6 is 0 Å². The van der Waals surface area contributed by atoms with E-state index in [1.165, 1.54) is 6.20 Å². The summed E-state index contributed by atoms with van der Waals surface area (Å²) in [6, 6.07) is 7.04. The van der Waals surface area contributed by atoms with Gasteiger partial charge in [0.2, 0.25) is 0 Å². The molecule has 0 saturated carbocycles. The van der Waals surface area contributed by atoms with Gasteiger partial charge in [-0.15, -0.1) is 10.2 Å². The van der Waals surface area contributed by atoms with Crippen LogP contribution in [-0.4, -0.2) is 19.9 Å². The van der Waals surface area contributed by atoms with Crippen molar-refractivity contribution in [2.75, 3.05) is 11.5 Å². The van der Waals surface area contributed by atoms with Crippen molar-refractivity contribution in [2.45, 2.75) is 6.18 Å². The maximum Gasteiger partial charge on any atom is 0.418 e. The first-order valence-corrected chi connectivity index (χ1v) is 7.78. The Balaban J connectivity index is 2.01. The van der Waals surface area contributed by atoms with E-state index in [4.69, 9.17) is 11.5 Å². The van der Waals surface area contributed by atoms with Gasteiger partial charge in [-0.2, -0.15) is 13.2 Å². The second-order valence-corrected chi connectivity index (χ2v) is 5.54. The topological polar surface area (TPSA) is 159 Å². The Bertz CT molecular complexity index is 1080. The number of halogens is 3. The molecule has 0 bridgehead atoms. The largest absolute Gasteiger partial charge is 0.418 e. The van der Waals surface area contributed by atoms with Crippen molar-refractivity contribution >= 4 is 28.7 Å². The second kappa shape index (κ2) is 7.46. The highest BCUT2D eigenvalue weighted by atomic mass is 19.4. The fraction of sp³-hybridized carbons (Fsp3) is 0.0625. The lowest BCUT2D eigenvalue weighted by Gasteiger charge is -2.09. The standard InChI is InChI=1S/C16H11F3N8O2/c17-16(18,19)9-7-8(27(28)29)4-5-10(9)25-26-12-13(20)23-15(24-14(12)21)11-3-1-2-6-22-11/h1-7H,(H4,20,21,23,24). The molecule has 10 nitrogen and oxygen atoms in total. The Kier molecular flexibility index (Phi) is 5.04. The van der Waals surface area contributed by atoms with Crippen LogP contribution in [0, 0.1) is 10.1 Å². The normalized spacial score (nSPS) is 11.7. The van der Waals surface area contributed by atoms with Crippen molar-refractivity contribution in [3.05, 3.63) is 58.3 Å². The Morgan fingerprint density at radius 2 is 1.72 bits per heavy atom. The van der Waals surface area contributed by atoms with Crippen LogP contribution in [0.1, 0.15) is 5.56 Å². The van der Waals surface area contributed by atoms with Crippen LogP contribution in [0.25, 0.3) is 11.5 Å². The van der Waals surface area contributed by atoms with Crippen LogP contribution < -0.4 is 11.5 Å². The monoisotopic (exact) mass is 404 g/mol. The molecule has 0 atom stereocenters. The third-order valence-electron chi connectivity index (χ3n) is 3.59. The van der Waals surface area contributed by atoms with Gasteiger partial charge < -0.3 is 11.5 Å². The Hall–Kier alpha value is -4.16. The molecule has 148 valence electrons. The molecule has 3 rings (SSSR count). The van der Waals surface area contributed by atoms with Crippen LogP contribution in [0.3, 0.4) is 0 Å². The van der Waals surface area contributed by atoms with Crippen molar-refractivity contribution in [3.8, 4) is 11.5 Å². The molecule has 0 saturated heterocycles. The first kappa shape index (κ1) is 19.6. The molecule has 1 aromatic carbocycles. The predicted octanol–water partition coefficient (Wildman–Crippen LogP) is 4.05. The zero-order valence-electron chi connectivity index (χ0n) is 14.3. The van der Waals surface area contributed by atoms with E-state index in [9.17, 15) is 23.3 Å². The molecule has 2 heterocycles. The van der Waals surface area contributed by atoms with Crippen LogP contribution in [0.15, 0.2) is 52.8 Å². The maximum atomic E-state index is 13.2. The molecule has 0 aliphatic heterocycles. The molecule has 29 heavy (non-hydrogen) atoms. The van der Waals surface area contributed by atoms with E-state index in [2.05, 4.69) is 25.2 Å². The molecule has 0 unspecified atom stereocenters. The third kappa shape index (κ3) is 4.23. The van der Waals surface area contributed by atoms with Gasteiger partial charge in [-0.1, -0.05) is 6.07 Å². The summed E-state index contributed by atoms with van der Waals surface area (Å²) in [4.78, 5) is 21.8. The van der Waals surface area contributed by atoms with Gasteiger partial charge in [0.1, 0.15) is 5.69 Å². The van der Waals surface area contributed by atoms with Gasteiger partial charge >= 0.3 is 6.18 Å². The lowest BCUT2D eigenvalue weighted by molar-refractivity contribution is -0.385. The first-order valence-electron chi connectivity index (χ1n) is 7.78. The van der Waals surface area contributed by atoms with Gasteiger partial charge in [-0.3, -0.25) is 15.1 Å². The van der Waals surface area contributed by atoms with Crippen LogP contribution in [-0.2, 0) is 6.18 Å². The number of anilines is 2. The minimum Gasteiger partial charge on any atom is -0.382 e. The molecule has 0 fully saturated rings. The average molecular weight is 404 g/mol. The zero-order chi connectivity index (χ0) is 21.2. The van der Waals surface area contributed by atoms with E-state index >= 15 is 0 Å². The van der Waals surface area contributed by atoms with E-state index in [-0.39, 0.29) is 23.1 Å². The first-order chi connectivity index (χ1) is 13.7. The smallest absolute Gasteiger partial charge is 0.382 e. The third-order valence-corrected chi connectivity index (χ3v) is 3.59. The van der Waals surface area contributed by atoms with E-state index in [1.54, 1.807) is 18.2 Å². The minimum absolute atomic E-state index is 0.103. The van der Waals surface area contributed by atoms with E-state index in [0.29, 0.717) is 11.8 Å². The molecule has 0 aliphatic rings. The number of nitrogens with two attached hydrogens (primary N) is 2. The SMILES string of the molecule is Nc1nc(-c2ccccn2)nc(N)c1N=Nc1ccc([N+](=O)[O-])cc1C(F)(F)F. The zero-order valence-corrected chi connectivity index (χ0v) is 14.3. The van der Waals surface area contributed by atoms with Crippen molar-refractivity contribution < 1.29 is 18.1 Å². The van der Waals surface area contributed by atoms with E-state index < -0.39 is 28.0 Å². The summed E-state index contributed by atoms with van der Waals surface area (Å²) in [7, 11) is 0. The van der Waals surface area contributed by atoms with Gasteiger partial charge in [0.25, 0.3) is 5.69 Å². The Labute approximate surface area is 160 Å². The highest BCUT2D eigenvalue weighted by molar-refractivity contribution is 5.73. The van der Waals surface area contributed by atoms with E-state index in [1.807, 2.05) is 0 Å². The van der Waals surface area contributed by atoms with Gasteiger partial charge in [0.15, 0.2) is 23.1 Å². The highest BCUT2D eigenvalue weighted by Crippen LogP contribution is 2.39. The predicted molar refractivity (Wildman–Crippen MR) is 96.4 cm³/mol. The number of nitro groups is 1. The van der Waals surface area contributed by atoms with Gasteiger partial charge in [0.05, 0.1) is 16.2 Å². The fourth-order valence-corrected chi connectivity index (χ4v) is 2.26. The summed E-state index contributed by atoms with van der Waals surface area (Å²) in [5.74, 6) is -0.347. The lowest BCUT2D eigenvalue weighted by Crippen LogP contribution is -2.06. The average Bonchev–Trinajstić information content (AvgIpc) is 2.67. The molecule has 2 aromatic heterocycles. The number of pyridine rings is 1. The molecule has 0 aliphatic carbocycles. The maximum absolute atomic E-state index is 13.2. The number of hydrogen-bond acceptors (Lipinski definition) is 9. The molecule has 3 aromatic rings. The number of rotatable bonds is 4. The molecule has 0 spiro atoms. The molecule has 13 heteroatoms. The Morgan fingerprint density at radius 3 is 2.28 bits per heavy atom. The summed E-state index contributed by atoms with van der Waals surface area (Å²) in [5.41, 5.74) is 8.98. The number of nitrogens with zero attached hydrogens (tertiary/aromatic N) is 6. The molecule has 0 radical (unpaired) electrons. The van der Waals surface area contributed by atoms with Crippen molar-refractivity contribution in [3.63, 3.8) is 0 Å². The van der Waals surface area contributed by atoms with Crippen molar-refractivity contribution in [1.29, 1.82) is 0 Å². The molecular formula is C16H11F3N8O2. The van der Waals surface area contributed by atoms with Crippen molar-refractivity contribution in [1.82, 2.24) is 15.0 Å². The number of alkyl halides is 3. The molecule has 0 amide bonds. The summed E-state index contributed by atoms with van der Waals surface area (Å²) in [6.45, 7) is 0. The van der Waals surface area contributed by atoms with Crippen molar-refractivity contribution in [2.24, 2.45) is 10.2 Å². The van der Waals surface area contributed by atoms with E-state index in [0.717, 1.165) is 12.1 Å². The quantitative estimate of drug-likeness (QED) is 0.377. The molecular weight excluding hydrogens is 393 g/mol. The Morgan fingerprint density at radius 1 is 1.03 bits per heavy atom. The number of non-ortho nitro benzene ring substituents is 1. The van der Waals surface area contributed by atoms with Crippen LogP contribution in [0.4, 0.5) is 41.9 Å². The summed E-state index contributed by atoms with van der Waals surface area (Å²) >= 11 is 0. The highest BCUT2D eigenvalue weighted by Gasteiger charge is 2.35. The van der Waals surface area contributed by atoms with Crippen LogP contribution in [0.2, 0.25) is 0 Å². The fourth-order valence-electron chi connectivity index (χ4n) is 2.26. The number of azo groups is 1. The summed E-state index contributed by atoms with van der Waals surface area (Å²) in [6.07, 6.45) is -3.39. The lowest BCUT2D eigenvalue weighted by atomic mass is 10.1. The number of nitro benzene ring substituents is 1.